The van der Waals surface area contributed by atoms with Gasteiger partial charge in [0.1, 0.15) is 11.7 Å². The molecule has 1 amide bonds. The van der Waals surface area contributed by atoms with Crippen LogP contribution < -0.4 is 5.32 Å². The summed E-state index contributed by atoms with van der Waals surface area (Å²) in [5, 5.41) is 6.78. The van der Waals surface area contributed by atoms with Crippen LogP contribution in [0.15, 0.2) is 59.3 Å². The lowest BCUT2D eigenvalue weighted by atomic mass is 10.1. The Morgan fingerprint density at radius 3 is 2.71 bits per heavy atom. The third-order valence-corrected chi connectivity index (χ3v) is 3.57. The second-order valence-corrected chi connectivity index (χ2v) is 5.45. The lowest BCUT2D eigenvalue weighted by Crippen LogP contribution is -2.27. The lowest BCUT2D eigenvalue weighted by Gasteiger charge is -2.09. The second-order valence-electron chi connectivity index (χ2n) is 5.45. The van der Waals surface area contributed by atoms with Gasteiger partial charge in [-0.3, -0.25) is 9.78 Å². The Morgan fingerprint density at radius 1 is 1.17 bits per heavy atom. The number of pyridine rings is 1. The second kappa shape index (κ2) is 7.50. The number of carbonyl (C=O) groups excluding carboxylic acids is 1. The molecule has 2 aromatic heterocycles. The average molecular weight is 322 g/mol. The molecule has 0 aliphatic rings. The van der Waals surface area contributed by atoms with Crippen molar-refractivity contribution in [1.82, 2.24) is 20.4 Å². The van der Waals surface area contributed by atoms with Crippen molar-refractivity contribution in [3.8, 4) is 11.5 Å². The molecule has 3 rings (SSSR count). The molecule has 0 saturated heterocycles. The highest BCUT2D eigenvalue weighted by molar-refractivity contribution is 5.76. The first-order valence-corrected chi connectivity index (χ1v) is 7.80. The third-order valence-electron chi connectivity index (χ3n) is 3.57. The number of aryl methyl sites for hydroxylation is 1. The Labute approximate surface area is 139 Å². The number of nitrogens with one attached hydrogen (secondary N) is 1. The van der Waals surface area contributed by atoms with E-state index in [1.165, 1.54) is 0 Å². The van der Waals surface area contributed by atoms with Crippen molar-refractivity contribution in [2.45, 2.75) is 25.8 Å². The molecule has 2 heterocycles. The molecule has 1 atom stereocenters. The van der Waals surface area contributed by atoms with Gasteiger partial charge in [0.05, 0.1) is 0 Å². The van der Waals surface area contributed by atoms with E-state index in [9.17, 15) is 4.79 Å². The predicted octanol–water partition coefficient (Wildman–Crippen LogP) is 2.94. The Balaban J connectivity index is 1.56. The Bertz CT molecular complexity index is 787. The summed E-state index contributed by atoms with van der Waals surface area (Å²) in [7, 11) is 0. The summed E-state index contributed by atoms with van der Waals surface area (Å²) in [6.07, 6.45) is 2.78. The normalized spacial score (nSPS) is 11.9. The number of carbonyl (C=O) groups is 1. The van der Waals surface area contributed by atoms with E-state index in [0.717, 1.165) is 5.56 Å². The number of hydrogen-bond acceptors (Lipinski definition) is 5. The summed E-state index contributed by atoms with van der Waals surface area (Å²) in [4.78, 5) is 20.5. The minimum absolute atomic E-state index is 0.0519. The molecule has 0 bridgehead atoms. The van der Waals surface area contributed by atoms with Gasteiger partial charge in [-0.15, -0.1) is 0 Å². The Kier molecular flexibility index (Phi) is 4.96. The summed E-state index contributed by atoms with van der Waals surface area (Å²) < 4.78 is 5.23. The van der Waals surface area contributed by atoms with Crippen molar-refractivity contribution in [3.05, 3.63) is 66.2 Å². The lowest BCUT2D eigenvalue weighted by molar-refractivity contribution is -0.121. The molecule has 1 aromatic carbocycles. The van der Waals surface area contributed by atoms with Crippen molar-refractivity contribution in [3.63, 3.8) is 0 Å². The Hall–Kier alpha value is -3.02. The van der Waals surface area contributed by atoms with Crippen LogP contribution in [-0.4, -0.2) is 21.0 Å². The first-order valence-electron chi connectivity index (χ1n) is 7.80. The van der Waals surface area contributed by atoms with Crippen LogP contribution in [0, 0.1) is 0 Å². The van der Waals surface area contributed by atoms with Gasteiger partial charge in [-0.1, -0.05) is 41.6 Å². The summed E-state index contributed by atoms with van der Waals surface area (Å²) in [6, 6.07) is 15.0. The Morgan fingerprint density at radius 2 is 1.96 bits per heavy atom. The van der Waals surface area contributed by atoms with Crippen LogP contribution in [-0.2, 0) is 11.2 Å². The van der Waals surface area contributed by atoms with Crippen molar-refractivity contribution in [1.29, 1.82) is 0 Å². The fourth-order valence-electron chi connectivity index (χ4n) is 2.29. The van der Waals surface area contributed by atoms with Gasteiger partial charge in [-0.25, -0.2) is 0 Å². The number of hydrogen-bond donors (Lipinski definition) is 1. The van der Waals surface area contributed by atoms with E-state index in [-0.39, 0.29) is 11.9 Å². The van der Waals surface area contributed by atoms with Crippen molar-refractivity contribution in [2.24, 2.45) is 0 Å². The van der Waals surface area contributed by atoms with Gasteiger partial charge in [0.25, 0.3) is 0 Å². The van der Waals surface area contributed by atoms with Crippen LogP contribution in [0.5, 0.6) is 0 Å². The molecule has 0 unspecified atom stereocenters. The molecule has 0 fully saturated rings. The minimum atomic E-state index is -0.349. The van der Waals surface area contributed by atoms with Gasteiger partial charge < -0.3 is 9.84 Å². The van der Waals surface area contributed by atoms with Gasteiger partial charge in [-0.2, -0.15) is 4.98 Å². The topological polar surface area (TPSA) is 80.9 Å². The molecular formula is C18H18N4O2. The van der Waals surface area contributed by atoms with Gasteiger partial charge >= 0.3 is 0 Å². The molecule has 0 saturated carbocycles. The van der Waals surface area contributed by atoms with Crippen LogP contribution in [0.25, 0.3) is 11.5 Å². The number of rotatable bonds is 6. The summed E-state index contributed by atoms with van der Waals surface area (Å²) in [5.74, 6) is 0.726. The predicted molar refractivity (Wildman–Crippen MR) is 88.8 cm³/mol. The monoisotopic (exact) mass is 322 g/mol. The third kappa shape index (κ3) is 4.04. The van der Waals surface area contributed by atoms with Gasteiger partial charge in [0, 0.05) is 12.6 Å². The highest BCUT2D eigenvalue weighted by Crippen LogP contribution is 2.16. The maximum Gasteiger partial charge on any atom is 0.249 e. The highest BCUT2D eigenvalue weighted by atomic mass is 16.5. The zero-order valence-electron chi connectivity index (χ0n) is 13.3. The van der Waals surface area contributed by atoms with E-state index in [1.54, 1.807) is 12.3 Å². The summed E-state index contributed by atoms with van der Waals surface area (Å²) in [6.45, 7) is 1.82. The van der Waals surface area contributed by atoms with Crippen molar-refractivity contribution in [2.75, 3.05) is 0 Å². The molecule has 6 nitrogen and oxygen atoms in total. The number of nitrogens with zero attached hydrogens (tertiary/aromatic N) is 3. The molecule has 0 spiro atoms. The summed E-state index contributed by atoms with van der Waals surface area (Å²) in [5.41, 5.74) is 1.77. The zero-order valence-corrected chi connectivity index (χ0v) is 13.3. The molecule has 3 aromatic rings. The highest BCUT2D eigenvalue weighted by Gasteiger charge is 2.17. The molecule has 24 heavy (non-hydrogen) atoms. The smallest absolute Gasteiger partial charge is 0.249 e. The van der Waals surface area contributed by atoms with Crippen molar-refractivity contribution >= 4 is 5.91 Å². The maximum absolute atomic E-state index is 12.1. The van der Waals surface area contributed by atoms with Crippen LogP contribution in [0.1, 0.15) is 30.8 Å². The van der Waals surface area contributed by atoms with E-state index < -0.39 is 0 Å². The fraction of sp³-hybridized carbons (Fsp3) is 0.222. The van der Waals surface area contributed by atoms with E-state index in [4.69, 9.17) is 4.52 Å². The fourth-order valence-corrected chi connectivity index (χ4v) is 2.29. The maximum atomic E-state index is 12.1. The van der Waals surface area contributed by atoms with Crippen LogP contribution in [0.2, 0.25) is 0 Å². The van der Waals surface area contributed by atoms with E-state index in [0.29, 0.717) is 30.3 Å². The van der Waals surface area contributed by atoms with Gasteiger partial charge in [0.2, 0.25) is 17.6 Å². The quantitative estimate of drug-likeness (QED) is 0.754. The van der Waals surface area contributed by atoms with Gasteiger partial charge in [0.15, 0.2) is 0 Å². The molecule has 1 N–H and O–H groups in total. The SMILES string of the molecule is C[C@H](NC(=O)CCc1ccccc1)c1nc(-c2ccccn2)no1. The zero-order chi connectivity index (χ0) is 16.8. The first kappa shape index (κ1) is 15.9. The molecule has 0 aliphatic carbocycles. The number of amides is 1. The van der Waals surface area contributed by atoms with Crippen LogP contribution in [0.3, 0.4) is 0 Å². The van der Waals surface area contributed by atoms with E-state index in [1.807, 2.05) is 49.4 Å². The molecule has 0 aliphatic heterocycles. The van der Waals surface area contributed by atoms with Crippen LogP contribution >= 0.6 is 0 Å². The standard InChI is InChI=1S/C18H18N4O2/c1-13(20-16(23)11-10-14-7-3-2-4-8-14)18-21-17(22-24-18)15-9-5-6-12-19-15/h2-9,12-13H,10-11H2,1H3,(H,20,23)/t13-/m0/s1. The number of aromatic nitrogens is 3. The minimum Gasteiger partial charge on any atom is -0.345 e. The van der Waals surface area contributed by atoms with E-state index in [2.05, 4.69) is 20.4 Å². The van der Waals surface area contributed by atoms with Gasteiger partial charge in [-0.05, 0) is 31.0 Å². The molecular weight excluding hydrogens is 304 g/mol. The molecule has 0 radical (unpaired) electrons. The number of benzene rings is 1. The average Bonchev–Trinajstić information content (AvgIpc) is 3.12. The van der Waals surface area contributed by atoms with E-state index >= 15 is 0 Å². The summed E-state index contributed by atoms with van der Waals surface area (Å²) >= 11 is 0. The van der Waals surface area contributed by atoms with Crippen molar-refractivity contribution < 1.29 is 9.32 Å². The molecule has 6 heteroatoms. The largest absolute Gasteiger partial charge is 0.345 e. The first-order chi connectivity index (χ1) is 11.7. The molecule has 122 valence electrons. The van der Waals surface area contributed by atoms with Crippen LogP contribution in [0.4, 0.5) is 0 Å².